The van der Waals surface area contributed by atoms with Crippen molar-refractivity contribution in [3.63, 3.8) is 0 Å². The van der Waals surface area contributed by atoms with E-state index in [9.17, 15) is 5.11 Å². The molecule has 106 valence electrons. The molecule has 0 aliphatic carbocycles. The van der Waals surface area contributed by atoms with Crippen LogP contribution in [0, 0.1) is 13.8 Å². The van der Waals surface area contributed by atoms with Crippen molar-refractivity contribution in [2.45, 2.75) is 32.8 Å². The maximum absolute atomic E-state index is 10.8. The minimum atomic E-state index is -0.776. The van der Waals surface area contributed by atoms with Crippen LogP contribution in [0.5, 0.6) is 0 Å². The maximum atomic E-state index is 10.8. The number of benzene rings is 1. The zero-order valence-electron chi connectivity index (χ0n) is 12.4. The highest BCUT2D eigenvalue weighted by Crippen LogP contribution is 2.26. The summed E-state index contributed by atoms with van der Waals surface area (Å²) in [6, 6.07) is 6.30. The summed E-state index contributed by atoms with van der Waals surface area (Å²) in [5, 5.41) is 14.2. The molecule has 0 amide bonds. The summed E-state index contributed by atoms with van der Waals surface area (Å²) in [7, 11) is 0. The van der Waals surface area contributed by atoms with E-state index in [0.717, 1.165) is 38.2 Å². The first-order valence-electron chi connectivity index (χ1n) is 7.22. The normalized spacial score (nSPS) is 20.8. The first kappa shape index (κ1) is 14.5. The summed E-state index contributed by atoms with van der Waals surface area (Å²) in [4.78, 5) is 2.36. The Bertz CT molecular complexity index is 421. The number of nitrogens with one attached hydrogen (secondary N) is 1. The molecule has 1 heterocycles. The largest absolute Gasteiger partial charge is 0.384 e. The molecule has 1 aliphatic heterocycles. The summed E-state index contributed by atoms with van der Waals surface area (Å²) >= 11 is 0. The van der Waals surface area contributed by atoms with E-state index in [1.807, 2.05) is 6.92 Å². The third-order valence-corrected chi connectivity index (χ3v) is 3.93. The Morgan fingerprint density at radius 3 is 2.79 bits per heavy atom. The fourth-order valence-electron chi connectivity index (χ4n) is 3.00. The van der Waals surface area contributed by atoms with Gasteiger partial charge in [0.05, 0.1) is 5.60 Å². The molecule has 2 rings (SSSR count). The molecule has 3 heteroatoms. The highest BCUT2D eigenvalue weighted by molar-refractivity contribution is 5.34. The first-order chi connectivity index (χ1) is 8.99. The number of aliphatic hydroxyl groups is 1. The van der Waals surface area contributed by atoms with Crippen molar-refractivity contribution in [3.05, 3.63) is 34.9 Å². The zero-order chi connectivity index (χ0) is 13.9. The molecule has 1 atom stereocenters. The van der Waals surface area contributed by atoms with E-state index in [1.165, 1.54) is 11.1 Å². The van der Waals surface area contributed by atoms with E-state index in [0.29, 0.717) is 6.54 Å². The van der Waals surface area contributed by atoms with Crippen LogP contribution in [0.15, 0.2) is 18.2 Å². The Labute approximate surface area is 116 Å². The van der Waals surface area contributed by atoms with Crippen molar-refractivity contribution >= 4 is 0 Å². The molecule has 1 saturated heterocycles. The number of aryl methyl sites for hydroxylation is 2. The van der Waals surface area contributed by atoms with Crippen molar-refractivity contribution in [1.82, 2.24) is 10.2 Å². The molecule has 1 aromatic carbocycles. The minimum absolute atomic E-state index is 0.707. The van der Waals surface area contributed by atoms with Gasteiger partial charge in [0.15, 0.2) is 0 Å². The fraction of sp³-hybridized carbons (Fsp3) is 0.625. The monoisotopic (exact) mass is 262 g/mol. The van der Waals surface area contributed by atoms with Gasteiger partial charge in [-0.05, 0) is 51.4 Å². The molecule has 0 saturated carbocycles. The summed E-state index contributed by atoms with van der Waals surface area (Å²) in [5.74, 6) is 0. The van der Waals surface area contributed by atoms with Gasteiger partial charge in [-0.15, -0.1) is 0 Å². The van der Waals surface area contributed by atoms with Crippen LogP contribution in [0.3, 0.4) is 0 Å². The molecule has 1 aliphatic rings. The first-order valence-corrected chi connectivity index (χ1v) is 7.22. The standard InChI is InChI=1S/C16H26N2O/c1-13-5-6-15(14(2)11-13)16(3,19)12-18-9-4-7-17-8-10-18/h5-6,11,17,19H,4,7-10,12H2,1-3H3. The lowest BCUT2D eigenvalue weighted by Gasteiger charge is -2.32. The molecule has 0 bridgehead atoms. The second-order valence-electron chi connectivity index (χ2n) is 5.97. The van der Waals surface area contributed by atoms with Crippen molar-refractivity contribution < 1.29 is 5.11 Å². The van der Waals surface area contributed by atoms with Gasteiger partial charge >= 0.3 is 0 Å². The predicted octanol–water partition coefficient (Wildman–Crippen LogP) is 1.81. The van der Waals surface area contributed by atoms with Gasteiger partial charge in [-0.2, -0.15) is 0 Å². The predicted molar refractivity (Wildman–Crippen MR) is 79.4 cm³/mol. The Kier molecular flexibility index (Phi) is 4.61. The SMILES string of the molecule is Cc1ccc(C(C)(O)CN2CCCNCC2)c(C)c1. The van der Waals surface area contributed by atoms with Crippen LogP contribution >= 0.6 is 0 Å². The third kappa shape index (κ3) is 3.78. The van der Waals surface area contributed by atoms with Crippen LogP contribution in [0.2, 0.25) is 0 Å². The molecule has 2 N–H and O–H groups in total. The Morgan fingerprint density at radius 1 is 1.26 bits per heavy atom. The van der Waals surface area contributed by atoms with Gasteiger partial charge < -0.3 is 10.4 Å². The van der Waals surface area contributed by atoms with Crippen molar-refractivity contribution in [1.29, 1.82) is 0 Å². The van der Waals surface area contributed by atoms with Crippen LogP contribution < -0.4 is 5.32 Å². The quantitative estimate of drug-likeness (QED) is 0.872. The van der Waals surface area contributed by atoms with Crippen LogP contribution in [0.25, 0.3) is 0 Å². The lowest BCUT2D eigenvalue weighted by molar-refractivity contribution is 0.0172. The molecule has 1 unspecified atom stereocenters. The smallest absolute Gasteiger partial charge is 0.0997 e. The highest BCUT2D eigenvalue weighted by atomic mass is 16.3. The molecule has 1 fully saturated rings. The number of β-amino-alcohol motifs (C(OH)–C–C–N with tert-alkyl or cyclic N) is 1. The highest BCUT2D eigenvalue weighted by Gasteiger charge is 2.27. The van der Waals surface area contributed by atoms with Crippen molar-refractivity contribution in [2.24, 2.45) is 0 Å². The number of hydrogen-bond acceptors (Lipinski definition) is 3. The average molecular weight is 262 g/mol. The molecule has 0 radical (unpaired) electrons. The minimum Gasteiger partial charge on any atom is -0.384 e. The molecule has 19 heavy (non-hydrogen) atoms. The summed E-state index contributed by atoms with van der Waals surface area (Å²) in [5.41, 5.74) is 2.70. The van der Waals surface area contributed by atoms with Gasteiger partial charge in [0, 0.05) is 19.6 Å². The lowest BCUT2D eigenvalue weighted by atomic mass is 9.90. The van der Waals surface area contributed by atoms with Gasteiger partial charge in [-0.3, -0.25) is 4.90 Å². The lowest BCUT2D eigenvalue weighted by Crippen LogP contribution is -2.41. The van der Waals surface area contributed by atoms with Gasteiger partial charge in [0.1, 0.15) is 0 Å². The fourth-order valence-corrected chi connectivity index (χ4v) is 3.00. The molecule has 0 aromatic heterocycles. The van der Waals surface area contributed by atoms with Gasteiger partial charge in [-0.1, -0.05) is 23.8 Å². The van der Waals surface area contributed by atoms with E-state index >= 15 is 0 Å². The van der Waals surface area contributed by atoms with Crippen molar-refractivity contribution in [3.8, 4) is 0 Å². The molecule has 1 aromatic rings. The van der Waals surface area contributed by atoms with Crippen LogP contribution in [0.1, 0.15) is 30.0 Å². The molecular formula is C16H26N2O. The Hall–Kier alpha value is -0.900. The molecule has 3 nitrogen and oxygen atoms in total. The topological polar surface area (TPSA) is 35.5 Å². The summed E-state index contributed by atoms with van der Waals surface area (Å²) in [6.45, 7) is 11.0. The molecule has 0 spiro atoms. The van der Waals surface area contributed by atoms with Crippen LogP contribution in [0.4, 0.5) is 0 Å². The molecular weight excluding hydrogens is 236 g/mol. The van der Waals surface area contributed by atoms with E-state index in [-0.39, 0.29) is 0 Å². The van der Waals surface area contributed by atoms with E-state index in [4.69, 9.17) is 0 Å². The van der Waals surface area contributed by atoms with Gasteiger partial charge in [-0.25, -0.2) is 0 Å². The third-order valence-electron chi connectivity index (χ3n) is 3.93. The van der Waals surface area contributed by atoms with Gasteiger partial charge in [0.2, 0.25) is 0 Å². The number of rotatable bonds is 3. The zero-order valence-corrected chi connectivity index (χ0v) is 12.4. The van der Waals surface area contributed by atoms with Crippen LogP contribution in [-0.2, 0) is 5.60 Å². The van der Waals surface area contributed by atoms with E-state index in [2.05, 4.69) is 42.3 Å². The maximum Gasteiger partial charge on any atom is 0.0997 e. The Morgan fingerprint density at radius 2 is 2.05 bits per heavy atom. The average Bonchev–Trinajstić information content (AvgIpc) is 2.56. The Balaban J connectivity index is 2.11. The van der Waals surface area contributed by atoms with E-state index in [1.54, 1.807) is 0 Å². The van der Waals surface area contributed by atoms with E-state index < -0.39 is 5.60 Å². The second kappa shape index (κ2) is 6.04. The number of hydrogen-bond donors (Lipinski definition) is 2. The van der Waals surface area contributed by atoms with Crippen LogP contribution in [-0.4, -0.2) is 42.7 Å². The summed E-state index contributed by atoms with van der Waals surface area (Å²) in [6.07, 6.45) is 1.16. The number of nitrogens with zero attached hydrogens (tertiary/aromatic N) is 1. The second-order valence-corrected chi connectivity index (χ2v) is 5.97. The van der Waals surface area contributed by atoms with Crippen molar-refractivity contribution in [2.75, 3.05) is 32.7 Å². The summed E-state index contributed by atoms with van der Waals surface area (Å²) < 4.78 is 0. The van der Waals surface area contributed by atoms with Gasteiger partial charge in [0.25, 0.3) is 0 Å².